The molecule has 0 aliphatic rings. The summed E-state index contributed by atoms with van der Waals surface area (Å²) in [6.45, 7) is 4.51. The standard InChI is InChI=1S/C19H18BrFN2O/c1-19(2,11-23-18(24)12-3-5-13(20)6-4-12)16-10-22-17-8-7-14(21)9-15(16)17/h3-10,22H,11H2,1-2H3,(H,23,24). The Morgan fingerprint density at radius 1 is 1.21 bits per heavy atom. The Balaban J connectivity index is 1.78. The SMILES string of the molecule is CC(C)(CNC(=O)c1ccc(Br)cc1)c1c[nH]c2ccc(F)cc12. The Morgan fingerprint density at radius 2 is 1.92 bits per heavy atom. The van der Waals surface area contributed by atoms with Crippen LogP contribution >= 0.6 is 15.9 Å². The Hall–Kier alpha value is -2.14. The van der Waals surface area contributed by atoms with Gasteiger partial charge in [-0.2, -0.15) is 0 Å². The molecule has 0 unspecified atom stereocenters. The number of carbonyl (C=O) groups is 1. The predicted octanol–water partition coefficient (Wildman–Crippen LogP) is 4.78. The molecule has 1 aromatic heterocycles. The van der Waals surface area contributed by atoms with Gasteiger partial charge in [-0.3, -0.25) is 4.79 Å². The van der Waals surface area contributed by atoms with Crippen molar-refractivity contribution in [3.63, 3.8) is 0 Å². The number of aromatic amines is 1. The Morgan fingerprint density at radius 3 is 2.62 bits per heavy atom. The third kappa shape index (κ3) is 3.36. The smallest absolute Gasteiger partial charge is 0.251 e. The molecule has 2 N–H and O–H groups in total. The molecule has 24 heavy (non-hydrogen) atoms. The van der Waals surface area contributed by atoms with Crippen molar-refractivity contribution in [3.05, 3.63) is 70.1 Å². The lowest BCUT2D eigenvalue weighted by atomic mass is 9.84. The first-order chi connectivity index (χ1) is 11.4. The van der Waals surface area contributed by atoms with Crippen LogP contribution in [0.4, 0.5) is 4.39 Å². The van der Waals surface area contributed by atoms with E-state index in [0.717, 1.165) is 20.9 Å². The van der Waals surface area contributed by atoms with E-state index in [1.165, 1.54) is 12.1 Å². The fraction of sp³-hybridized carbons (Fsp3) is 0.211. The van der Waals surface area contributed by atoms with Crippen LogP contribution in [0.5, 0.6) is 0 Å². The van der Waals surface area contributed by atoms with E-state index in [1.54, 1.807) is 18.2 Å². The number of benzene rings is 2. The van der Waals surface area contributed by atoms with Crippen LogP contribution in [0.25, 0.3) is 10.9 Å². The van der Waals surface area contributed by atoms with Gasteiger partial charge in [0.25, 0.3) is 5.91 Å². The maximum atomic E-state index is 13.6. The van der Waals surface area contributed by atoms with Gasteiger partial charge < -0.3 is 10.3 Å². The van der Waals surface area contributed by atoms with Crippen LogP contribution in [0.2, 0.25) is 0 Å². The molecular weight excluding hydrogens is 371 g/mol. The molecule has 3 aromatic rings. The highest BCUT2D eigenvalue weighted by Crippen LogP contribution is 2.30. The van der Waals surface area contributed by atoms with E-state index in [0.29, 0.717) is 12.1 Å². The third-order valence-electron chi connectivity index (χ3n) is 4.17. The minimum absolute atomic E-state index is 0.124. The van der Waals surface area contributed by atoms with Gasteiger partial charge in [0, 0.05) is 39.1 Å². The van der Waals surface area contributed by atoms with E-state index in [-0.39, 0.29) is 17.1 Å². The van der Waals surface area contributed by atoms with E-state index in [1.807, 2.05) is 32.2 Å². The highest BCUT2D eigenvalue weighted by molar-refractivity contribution is 9.10. The normalized spacial score (nSPS) is 11.7. The van der Waals surface area contributed by atoms with Crippen LogP contribution in [0.3, 0.4) is 0 Å². The Labute approximate surface area is 148 Å². The van der Waals surface area contributed by atoms with Crippen molar-refractivity contribution in [1.29, 1.82) is 0 Å². The van der Waals surface area contributed by atoms with E-state index in [9.17, 15) is 9.18 Å². The predicted molar refractivity (Wildman–Crippen MR) is 97.8 cm³/mol. The number of H-pyrrole nitrogens is 1. The van der Waals surface area contributed by atoms with Gasteiger partial charge in [-0.05, 0) is 48.0 Å². The van der Waals surface area contributed by atoms with Crippen molar-refractivity contribution in [2.24, 2.45) is 0 Å². The molecule has 1 amide bonds. The Kier molecular flexibility index (Phi) is 4.45. The average molecular weight is 389 g/mol. The van der Waals surface area contributed by atoms with Crippen LogP contribution in [0.15, 0.2) is 53.1 Å². The molecular formula is C19H18BrFN2O. The second-order valence-corrected chi connectivity index (χ2v) is 7.38. The summed E-state index contributed by atoms with van der Waals surface area (Å²) in [7, 11) is 0. The van der Waals surface area contributed by atoms with E-state index in [4.69, 9.17) is 0 Å². The lowest BCUT2D eigenvalue weighted by Gasteiger charge is -2.25. The van der Waals surface area contributed by atoms with Gasteiger partial charge in [-0.25, -0.2) is 4.39 Å². The average Bonchev–Trinajstić information content (AvgIpc) is 2.97. The summed E-state index contributed by atoms with van der Waals surface area (Å²) in [5.74, 6) is -0.389. The number of halogens is 2. The van der Waals surface area contributed by atoms with Crippen LogP contribution in [-0.4, -0.2) is 17.4 Å². The maximum absolute atomic E-state index is 13.6. The molecule has 5 heteroatoms. The van der Waals surface area contributed by atoms with Crippen molar-refractivity contribution >= 4 is 32.7 Å². The second kappa shape index (κ2) is 6.40. The van der Waals surface area contributed by atoms with E-state index >= 15 is 0 Å². The van der Waals surface area contributed by atoms with Gasteiger partial charge >= 0.3 is 0 Å². The molecule has 0 aliphatic heterocycles. The van der Waals surface area contributed by atoms with Crippen molar-refractivity contribution < 1.29 is 9.18 Å². The third-order valence-corrected chi connectivity index (χ3v) is 4.70. The maximum Gasteiger partial charge on any atom is 0.251 e. The second-order valence-electron chi connectivity index (χ2n) is 6.47. The zero-order valence-corrected chi connectivity index (χ0v) is 15.1. The molecule has 2 aromatic carbocycles. The first kappa shape index (κ1) is 16.7. The number of carbonyl (C=O) groups excluding carboxylic acids is 1. The molecule has 3 nitrogen and oxygen atoms in total. The number of amides is 1. The van der Waals surface area contributed by atoms with Crippen molar-refractivity contribution in [2.45, 2.75) is 19.3 Å². The number of aromatic nitrogens is 1. The van der Waals surface area contributed by atoms with Gasteiger partial charge in [0.2, 0.25) is 0 Å². The van der Waals surface area contributed by atoms with Crippen LogP contribution in [0.1, 0.15) is 29.8 Å². The molecule has 0 aliphatic carbocycles. The largest absolute Gasteiger partial charge is 0.361 e. The monoisotopic (exact) mass is 388 g/mol. The molecule has 3 rings (SSSR count). The minimum Gasteiger partial charge on any atom is -0.361 e. The van der Waals surface area contributed by atoms with E-state index < -0.39 is 0 Å². The van der Waals surface area contributed by atoms with Crippen molar-refractivity contribution in [1.82, 2.24) is 10.3 Å². The number of hydrogen-bond donors (Lipinski definition) is 2. The van der Waals surface area contributed by atoms with Crippen molar-refractivity contribution in [3.8, 4) is 0 Å². The number of nitrogens with one attached hydrogen (secondary N) is 2. The van der Waals surface area contributed by atoms with Gasteiger partial charge in [0.15, 0.2) is 0 Å². The summed E-state index contributed by atoms with van der Waals surface area (Å²) in [5.41, 5.74) is 2.14. The molecule has 0 fully saturated rings. The summed E-state index contributed by atoms with van der Waals surface area (Å²) in [5, 5.41) is 3.81. The van der Waals surface area contributed by atoms with E-state index in [2.05, 4.69) is 26.2 Å². The molecule has 0 radical (unpaired) electrons. The molecule has 124 valence electrons. The lowest BCUT2D eigenvalue weighted by Crippen LogP contribution is -2.36. The van der Waals surface area contributed by atoms with Crippen LogP contribution < -0.4 is 5.32 Å². The molecule has 0 saturated heterocycles. The first-order valence-corrected chi connectivity index (χ1v) is 8.47. The number of fused-ring (bicyclic) bond motifs is 1. The van der Waals surface area contributed by atoms with Crippen LogP contribution in [0, 0.1) is 5.82 Å². The fourth-order valence-electron chi connectivity index (χ4n) is 2.75. The van der Waals surface area contributed by atoms with Gasteiger partial charge in [0.1, 0.15) is 5.82 Å². The summed E-state index contributed by atoms with van der Waals surface area (Å²) in [4.78, 5) is 15.5. The summed E-state index contributed by atoms with van der Waals surface area (Å²) in [6, 6.07) is 11.9. The number of hydrogen-bond acceptors (Lipinski definition) is 1. The van der Waals surface area contributed by atoms with Gasteiger partial charge in [-0.15, -0.1) is 0 Å². The lowest BCUT2D eigenvalue weighted by molar-refractivity contribution is 0.0945. The molecule has 1 heterocycles. The molecule has 0 saturated carbocycles. The van der Waals surface area contributed by atoms with Crippen LogP contribution in [-0.2, 0) is 5.41 Å². The molecule has 0 spiro atoms. The fourth-order valence-corrected chi connectivity index (χ4v) is 3.02. The first-order valence-electron chi connectivity index (χ1n) is 7.68. The van der Waals surface area contributed by atoms with Gasteiger partial charge in [0.05, 0.1) is 0 Å². The number of rotatable bonds is 4. The van der Waals surface area contributed by atoms with Gasteiger partial charge in [-0.1, -0.05) is 29.8 Å². The summed E-state index contributed by atoms with van der Waals surface area (Å²) < 4.78 is 14.5. The Bertz CT molecular complexity index is 884. The topological polar surface area (TPSA) is 44.9 Å². The minimum atomic E-state index is -0.336. The summed E-state index contributed by atoms with van der Waals surface area (Å²) in [6.07, 6.45) is 1.88. The van der Waals surface area contributed by atoms with Crippen molar-refractivity contribution in [2.75, 3.05) is 6.54 Å². The molecule has 0 atom stereocenters. The summed E-state index contributed by atoms with van der Waals surface area (Å²) >= 11 is 3.35. The highest BCUT2D eigenvalue weighted by Gasteiger charge is 2.25. The quantitative estimate of drug-likeness (QED) is 0.663. The zero-order valence-electron chi connectivity index (χ0n) is 13.5. The molecule has 0 bridgehead atoms. The zero-order chi connectivity index (χ0) is 17.3. The highest BCUT2D eigenvalue weighted by atomic mass is 79.9.